The average molecular weight is 377 g/mol. The van der Waals surface area contributed by atoms with Gasteiger partial charge in [-0.15, -0.1) is 11.3 Å². The third-order valence-electron chi connectivity index (χ3n) is 3.57. The molecule has 2 N–H and O–H groups in total. The van der Waals surface area contributed by atoms with Crippen LogP contribution in [-0.4, -0.2) is 28.1 Å². The first-order valence-electron chi connectivity index (χ1n) is 7.60. The summed E-state index contributed by atoms with van der Waals surface area (Å²) >= 11 is 1.34. The number of nitrogens with one attached hydrogen (secondary N) is 2. The Morgan fingerprint density at radius 2 is 2.16 bits per heavy atom. The number of hydrogen-bond acceptors (Lipinski definition) is 6. The average Bonchev–Trinajstić information content (AvgIpc) is 2.98. The van der Waals surface area contributed by atoms with E-state index in [-0.39, 0.29) is 11.0 Å². The van der Waals surface area contributed by atoms with Crippen LogP contribution in [0.2, 0.25) is 0 Å². The van der Waals surface area contributed by atoms with Crippen LogP contribution in [0.25, 0.3) is 11.1 Å². The van der Waals surface area contributed by atoms with E-state index in [9.17, 15) is 9.00 Å². The molecule has 0 aliphatic heterocycles. The smallest absolute Gasteiger partial charge is 0.338 e. The number of rotatable bonds is 6. The first kappa shape index (κ1) is 19.1. The molecule has 1 atom stereocenters. The molecule has 1 aromatic heterocycles. The molecule has 0 amide bonds. The lowest BCUT2D eigenvalue weighted by molar-refractivity contribution is 0.0526. The van der Waals surface area contributed by atoms with E-state index >= 15 is 0 Å². The van der Waals surface area contributed by atoms with Gasteiger partial charge in [0, 0.05) is 17.2 Å². The summed E-state index contributed by atoms with van der Waals surface area (Å²) in [6, 6.07) is 5.37. The number of carbonyl (C=O) groups excluding carboxylic acids is 1. The molecule has 0 bridgehead atoms. The summed E-state index contributed by atoms with van der Waals surface area (Å²) in [7, 11) is -1.39. The molecule has 0 saturated carbocycles. The molecule has 0 aliphatic rings. The molecule has 132 valence electrons. The third kappa shape index (κ3) is 4.05. The van der Waals surface area contributed by atoms with Crippen molar-refractivity contribution in [3.05, 3.63) is 52.4 Å². The molecule has 0 spiro atoms. The van der Waals surface area contributed by atoms with Crippen LogP contribution < -0.4 is 5.32 Å². The van der Waals surface area contributed by atoms with Gasteiger partial charge in [0.1, 0.15) is 5.04 Å². The van der Waals surface area contributed by atoms with Crippen LogP contribution in [0.1, 0.15) is 27.7 Å². The number of benzene rings is 1. The molecular weight excluding hydrogens is 356 g/mol. The summed E-state index contributed by atoms with van der Waals surface area (Å²) in [4.78, 5) is 12.6. The van der Waals surface area contributed by atoms with Gasteiger partial charge in [-0.3, -0.25) is 9.62 Å². The maximum atomic E-state index is 12.0. The molecule has 1 heterocycles. The zero-order valence-corrected chi connectivity index (χ0v) is 16.0. The maximum Gasteiger partial charge on any atom is 0.338 e. The van der Waals surface area contributed by atoms with Crippen LogP contribution in [0.3, 0.4) is 0 Å². The van der Waals surface area contributed by atoms with Gasteiger partial charge in [0.25, 0.3) is 0 Å². The summed E-state index contributed by atoms with van der Waals surface area (Å²) in [6.45, 7) is 7.71. The number of aryl methyl sites for hydroxylation is 1. The Morgan fingerprint density at radius 3 is 2.76 bits per heavy atom. The molecule has 25 heavy (non-hydrogen) atoms. The van der Waals surface area contributed by atoms with Gasteiger partial charge < -0.3 is 10.1 Å². The van der Waals surface area contributed by atoms with E-state index in [0.717, 1.165) is 16.7 Å². The molecule has 1 unspecified atom stereocenters. The van der Waals surface area contributed by atoms with Gasteiger partial charge in [0.15, 0.2) is 0 Å². The number of ether oxygens (including phenoxy) is 1. The number of hydrogen-bond donors (Lipinski definition) is 2. The van der Waals surface area contributed by atoms with Crippen LogP contribution >= 0.6 is 11.3 Å². The Labute approximate surface area is 153 Å². The lowest BCUT2D eigenvalue weighted by Crippen LogP contribution is -2.07. The summed E-state index contributed by atoms with van der Waals surface area (Å²) in [5.41, 5.74) is 3.80. The maximum absolute atomic E-state index is 12.0. The Kier molecular flexibility index (Phi) is 6.27. The van der Waals surface area contributed by atoms with E-state index in [0.29, 0.717) is 22.7 Å². The van der Waals surface area contributed by atoms with Gasteiger partial charge in [-0.05, 0) is 43.3 Å². The number of anilines is 1. The Bertz CT molecular complexity index is 856. The van der Waals surface area contributed by atoms with Gasteiger partial charge in [-0.1, -0.05) is 12.6 Å². The normalized spacial score (nSPS) is 11.6. The molecule has 2 rings (SSSR count). The number of esters is 1. The third-order valence-corrected chi connectivity index (χ3v) is 5.48. The Morgan fingerprint density at radius 1 is 1.44 bits per heavy atom. The Hall–Kier alpha value is -2.25. The first-order chi connectivity index (χ1) is 11.9. The first-order valence-corrected chi connectivity index (χ1v) is 10.0. The zero-order chi connectivity index (χ0) is 18.6. The van der Waals surface area contributed by atoms with Crippen LogP contribution in [0.5, 0.6) is 0 Å². The van der Waals surface area contributed by atoms with Crippen LogP contribution in [0, 0.1) is 12.3 Å². The van der Waals surface area contributed by atoms with E-state index < -0.39 is 10.8 Å². The highest BCUT2D eigenvalue weighted by atomic mass is 32.2. The molecule has 5 nitrogen and oxygen atoms in total. The van der Waals surface area contributed by atoms with Crippen LogP contribution in [0.15, 0.2) is 36.4 Å². The van der Waals surface area contributed by atoms with E-state index in [4.69, 9.17) is 10.1 Å². The summed E-state index contributed by atoms with van der Waals surface area (Å²) in [5.74, 6) is -0.375. The molecule has 1 aromatic carbocycles. The highest BCUT2D eigenvalue weighted by Gasteiger charge is 2.20. The SMILES string of the molecule is C=CNc1c(-c2cc(C(=O)OCC)ccc2C)csc1C(=N)S(C)=O. The van der Waals surface area contributed by atoms with Crippen LogP contribution in [0.4, 0.5) is 5.69 Å². The zero-order valence-electron chi connectivity index (χ0n) is 14.3. The predicted molar refractivity (Wildman–Crippen MR) is 105 cm³/mol. The fourth-order valence-electron chi connectivity index (χ4n) is 2.35. The molecule has 2 aromatic rings. The molecule has 7 heteroatoms. The van der Waals surface area contributed by atoms with E-state index in [1.165, 1.54) is 23.8 Å². The molecular formula is C18H20N2O3S2. The second-order valence-electron chi connectivity index (χ2n) is 5.24. The van der Waals surface area contributed by atoms with Gasteiger partial charge in [-0.2, -0.15) is 0 Å². The second kappa shape index (κ2) is 8.22. The quantitative estimate of drug-likeness (QED) is 0.451. The topological polar surface area (TPSA) is 79.2 Å². The van der Waals surface area contributed by atoms with Gasteiger partial charge in [0.2, 0.25) is 0 Å². The highest BCUT2D eigenvalue weighted by molar-refractivity contribution is 8.00. The lowest BCUT2D eigenvalue weighted by atomic mass is 9.98. The summed E-state index contributed by atoms with van der Waals surface area (Å²) < 4.78 is 16.8. The van der Waals surface area contributed by atoms with Crippen molar-refractivity contribution >= 4 is 38.8 Å². The lowest BCUT2D eigenvalue weighted by Gasteiger charge is -2.11. The van der Waals surface area contributed by atoms with Crippen LogP contribution in [-0.2, 0) is 15.5 Å². The molecule has 0 radical (unpaired) electrons. The van der Waals surface area contributed by atoms with Gasteiger partial charge >= 0.3 is 5.97 Å². The largest absolute Gasteiger partial charge is 0.462 e. The minimum atomic E-state index is -1.39. The van der Waals surface area contributed by atoms with Crippen molar-refractivity contribution in [2.45, 2.75) is 13.8 Å². The van der Waals surface area contributed by atoms with Crippen molar-refractivity contribution in [1.29, 1.82) is 5.41 Å². The van der Waals surface area contributed by atoms with Crippen molar-refractivity contribution in [2.24, 2.45) is 0 Å². The van der Waals surface area contributed by atoms with E-state index in [1.54, 1.807) is 19.1 Å². The van der Waals surface area contributed by atoms with Gasteiger partial charge in [-0.25, -0.2) is 4.79 Å². The van der Waals surface area contributed by atoms with Crippen molar-refractivity contribution in [3.8, 4) is 11.1 Å². The standard InChI is InChI=1S/C18H20N2O3S2/c1-5-20-15-14(10-24-16(15)17(19)25(4)22)13-9-12(8-7-11(13)3)18(21)23-6-2/h5,7-10,19-20H,1,6H2,2-4H3. The molecule has 0 saturated heterocycles. The summed E-state index contributed by atoms with van der Waals surface area (Å²) in [6.07, 6.45) is 3.00. The Balaban J connectivity index is 2.60. The second-order valence-corrected chi connectivity index (χ2v) is 7.43. The minimum absolute atomic E-state index is 0.0554. The van der Waals surface area contributed by atoms with Crippen molar-refractivity contribution in [2.75, 3.05) is 18.2 Å². The summed E-state index contributed by atoms with van der Waals surface area (Å²) in [5, 5.41) is 13.0. The molecule has 0 fully saturated rings. The van der Waals surface area contributed by atoms with Crippen molar-refractivity contribution in [1.82, 2.24) is 0 Å². The fraction of sp³-hybridized carbons (Fsp3) is 0.222. The van der Waals surface area contributed by atoms with Crippen molar-refractivity contribution < 1.29 is 13.7 Å². The van der Waals surface area contributed by atoms with E-state index in [2.05, 4.69) is 11.9 Å². The predicted octanol–water partition coefficient (Wildman–Crippen LogP) is 4.16. The minimum Gasteiger partial charge on any atom is -0.462 e. The monoisotopic (exact) mass is 376 g/mol. The fourth-order valence-corrected chi connectivity index (χ4v) is 4.09. The molecule has 0 aliphatic carbocycles. The van der Waals surface area contributed by atoms with Gasteiger partial charge in [0.05, 0.1) is 33.5 Å². The van der Waals surface area contributed by atoms with E-state index in [1.807, 2.05) is 18.4 Å². The number of carbonyl (C=O) groups is 1. The highest BCUT2D eigenvalue weighted by Crippen LogP contribution is 2.39. The van der Waals surface area contributed by atoms with Crippen molar-refractivity contribution in [3.63, 3.8) is 0 Å². The number of thiophene rings is 1.